The van der Waals surface area contributed by atoms with Crippen molar-refractivity contribution < 1.29 is 9.18 Å². The minimum absolute atomic E-state index is 0.0521. The molecule has 0 aliphatic heterocycles. The molecule has 1 saturated carbocycles. The van der Waals surface area contributed by atoms with Gasteiger partial charge in [-0.15, -0.1) is 0 Å². The summed E-state index contributed by atoms with van der Waals surface area (Å²) in [6.07, 6.45) is 2.36. The summed E-state index contributed by atoms with van der Waals surface area (Å²) in [5, 5.41) is 0. The van der Waals surface area contributed by atoms with Crippen LogP contribution in [-0.2, 0) is 11.3 Å². The third kappa shape index (κ3) is 4.03. The van der Waals surface area contributed by atoms with Crippen LogP contribution in [0.1, 0.15) is 32.3 Å². The molecule has 104 valence electrons. The molecule has 1 fully saturated rings. The molecule has 1 amide bonds. The second-order valence-corrected chi connectivity index (χ2v) is 5.98. The molecule has 1 aromatic carbocycles. The van der Waals surface area contributed by atoms with E-state index in [-0.39, 0.29) is 11.7 Å². The first-order valence-corrected chi connectivity index (χ1v) is 6.69. The van der Waals surface area contributed by atoms with Crippen molar-refractivity contribution in [1.29, 1.82) is 0 Å². The molecule has 0 saturated heterocycles. The number of hydrogen-bond acceptors (Lipinski definition) is 2. The minimum atomic E-state index is -0.866. The zero-order valence-corrected chi connectivity index (χ0v) is 11.5. The van der Waals surface area contributed by atoms with Gasteiger partial charge in [-0.2, -0.15) is 0 Å². The van der Waals surface area contributed by atoms with Crippen LogP contribution in [0, 0.1) is 11.7 Å². The third-order valence-electron chi connectivity index (χ3n) is 3.30. The molecule has 1 aromatic rings. The molecule has 2 rings (SSSR count). The normalized spacial score (nSPS) is 15.4. The van der Waals surface area contributed by atoms with Gasteiger partial charge in [0.05, 0.1) is 5.54 Å². The monoisotopic (exact) mass is 264 g/mol. The molecule has 2 N–H and O–H groups in total. The number of nitrogens with zero attached hydrogens (tertiary/aromatic N) is 1. The lowest BCUT2D eigenvalue weighted by Crippen LogP contribution is -2.51. The standard InChI is InChI=1S/C15H21FN2O/c1-15(2,17)14(19)18(9-11-3-4-11)10-12-5-7-13(16)8-6-12/h5-8,11H,3-4,9-10,17H2,1-2H3. The van der Waals surface area contributed by atoms with E-state index in [4.69, 9.17) is 5.73 Å². The molecule has 0 heterocycles. The molecular weight excluding hydrogens is 243 g/mol. The van der Waals surface area contributed by atoms with E-state index in [1.165, 1.54) is 25.0 Å². The molecule has 19 heavy (non-hydrogen) atoms. The van der Waals surface area contributed by atoms with E-state index < -0.39 is 5.54 Å². The van der Waals surface area contributed by atoms with Crippen LogP contribution in [0.3, 0.4) is 0 Å². The Hall–Kier alpha value is -1.42. The second-order valence-electron chi connectivity index (χ2n) is 5.98. The van der Waals surface area contributed by atoms with Crippen molar-refractivity contribution in [1.82, 2.24) is 4.90 Å². The molecule has 1 aliphatic rings. The number of halogens is 1. The molecule has 3 nitrogen and oxygen atoms in total. The lowest BCUT2D eigenvalue weighted by molar-refractivity contribution is -0.136. The van der Waals surface area contributed by atoms with Crippen molar-refractivity contribution >= 4 is 5.91 Å². The van der Waals surface area contributed by atoms with Gasteiger partial charge >= 0.3 is 0 Å². The van der Waals surface area contributed by atoms with Gasteiger partial charge in [0.15, 0.2) is 0 Å². The number of carbonyl (C=O) groups excluding carboxylic acids is 1. The molecule has 0 aromatic heterocycles. The van der Waals surface area contributed by atoms with Gasteiger partial charge < -0.3 is 10.6 Å². The fourth-order valence-electron chi connectivity index (χ4n) is 2.05. The summed E-state index contributed by atoms with van der Waals surface area (Å²) in [5.74, 6) is 0.290. The molecule has 0 spiro atoms. The topological polar surface area (TPSA) is 46.3 Å². The number of rotatable bonds is 5. The smallest absolute Gasteiger partial charge is 0.242 e. The van der Waals surface area contributed by atoms with Gasteiger partial charge in [0.2, 0.25) is 5.91 Å². The van der Waals surface area contributed by atoms with Crippen LogP contribution in [0.4, 0.5) is 4.39 Å². The Bertz CT molecular complexity index is 446. The van der Waals surface area contributed by atoms with Crippen LogP contribution in [0.2, 0.25) is 0 Å². The summed E-state index contributed by atoms with van der Waals surface area (Å²) in [4.78, 5) is 14.1. The van der Waals surface area contributed by atoms with Crippen molar-refractivity contribution in [2.75, 3.05) is 6.54 Å². The van der Waals surface area contributed by atoms with E-state index >= 15 is 0 Å². The predicted molar refractivity (Wildman–Crippen MR) is 72.8 cm³/mol. The molecular formula is C15H21FN2O. The Labute approximate surface area is 113 Å². The van der Waals surface area contributed by atoms with Gasteiger partial charge in [-0.05, 0) is 50.3 Å². The highest BCUT2D eigenvalue weighted by Crippen LogP contribution is 2.30. The van der Waals surface area contributed by atoms with E-state index in [0.29, 0.717) is 12.5 Å². The Balaban J connectivity index is 2.08. The number of nitrogens with two attached hydrogens (primary N) is 1. The maximum Gasteiger partial charge on any atom is 0.242 e. The van der Waals surface area contributed by atoms with Gasteiger partial charge in [0, 0.05) is 13.1 Å². The van der Waals surface area contributed by atoms with Crippen molar-refractivity contribution in [2.24, 2.45) is 11.7 Å². The fourth-order valence-corrected chi connectivity index (χ4v) is 2.05. The molecule has 1 aliphatic carbocycles. The van der Waals surface area contributed by atoms with E-state index in [2.05, 4.69) is 0 Å². The Morgan fingerprint density at radius 2 is 1.95 bits per heavy atom. The SMILES string of the molecule is CC(C)(N)C(=O)N(Cc1ccc(F)cc1)CC1CC1. The van der Waals surface area contributed by atoms with Crippen LogP contribution in [0.5, 0.6) is 0 Å². The Morgan fingerprint density at radius 1 is 1.37 bits per heavy atom. The number of benzene rings is 1. The average molecular weight is 264 g/mol. The minimum Gasteiger partial charge on any atom is -0.337 e. The summed E-state index contributed by atoms with van der Waals surface area (Å²) < 4.78 is 12.9. The van der Waals surface area contributed by atoms with E-state index in [1.807, 2.05) is 0 Å². The Morgan fingerprint density at radius 3 is 2.42 bits per heavy atom. The maximum atomic E-state index is 12.9. The number of carbonyl (C=O) groups is 1. The number of hydrogen-bond donors (Lipinski definition) is 1. The highest BCUT2D eigenvalue weighted by Gasteiger charge is 2.32. The lowest BCUT2D eigenvalue weighted by atomic mass is 10.0. The van der Waals surface area contributed by atoms with Crippen molar-refractivity contribution in [3.05, 3.63) is 35.6 Å². The maximum absolute atomic E-state index is 12.9. The average Bonchev–Trinajstić information content (AvgIpc) is 3.13. The van der Waals surface area contributed by atoms with Crippen molar-refractivity contribution in [3.63, 3.8) is 0 Å². The van der Waals surface area contributed by atoms with Crippen LogP contribution in [-0.4, -0.2) is 22.9 Å². The van der Waals surface area contributed by atoms with Crippen LogP contribution in [0.25, 0.3) is 0 Å². The van der Waals surface area contributed by atoms with E-state index in [1.54, 1.807) is 30.9 Å². The highest BCUT2D eigenvalue weighted by molar-refractivity contribution is 5.85. The first-order valence-electron chi connectivity index (χ1n) is 6.69. The van der Waals surface area contributed by atoms with E-state index in [0.717, 1.165) is 12.1 Å². The second kappa shape index (κ2) is 5.29. The fraction of sp³-hybridized carbons (Fsp3) is 0.533. The quantitative estimate of drug-likeness (QED) is 0.887. The highest BCUT2D eigenvalue weighted by atomic mass is 19.1. The summed E-state index contributed by atoms with van der Waals surface area (Å²) in [7, 11) is 0. The summed E-state index contributed by atoms with van der Waals surface area (Å²) >= 11 is 0. The molecule has 0 radical (unpaired) electrons. The van der Waals surface area contributed by atoms with Crippen LogP contribution >= 0.6 is 0 Å². The van der Waals surface area contributed by atoms with Crippen molar-refractivity contribution in [2.45, 2.75) is 38.8 Å². The van der Waals surface area contributed by atoms with Gasteiger partial charge in [0.25, 0.3) is 0 Å². The molecule has 0 atom stereocenters. The van der Waals surface area contributed by atoms with Crippen molar-refractivity contribution in [3.8, 4) is 0 Å². The van der Waals surface area contributed by atoms with Gasteiger partial charge in [-0.25, -0.2) is 4.39 Å². The van der Waals surface area contributed by atoms with Gasteiger partial charge in [0.1, 0.15) is 5.82 Å². The Kier molecular flexibility index (Phi) is 3.90. The zero-order valence-electron chi connectivity index (χ0n) is 11.5. The first kappa shape index (κ1) is 14.0. The molecule has 0 unspecified atom stereocenters. The summed E-state index contributed by atoms with van der Waals surface area (Å²) in [6, 6.07) is 6.27. The lowest BCUT2D eigenvalue weighted by Gasteiger charge is -2.29. The largest absolute Gasteiger partial charge is 0.337 e. The zero-order chi connectivity index (χ0) is 14.0. The van der Waals surface area contributed by atoms with Gasteiger partial charge in [-0.1, -0.05) is 12.1 Å². The van der Waals surface area contributed by atoms with E-state index in [9.17, 15) is 9.18 Å². The third-order valence-corrected chi connectivity index (χ3v) is 3.30. The number of amides is 1. The molecule has 4 heteroatoms. The summed E-state index contributed by atoms with van der Waals surface area (Å²) in [6.45, 7) is 4.69. The van der Waals surface area contributed by atoms with Crippen LogP contribution < -0.4 is 5.73 Å². The van der Waals surface area contributed by atoms with Crippen LogP contribution in [0.15, 0.2) is 24.3 Å². The first-order chi connectivity index (χ1) is 8.86. The molecule has 0 bridgehead atoms. The summed E-state index contributed by atoms with van der Waals surface area (Å²) in [5.41, 5.74) is 5.97. The van der Waals surface area contributed by atoms with Gasteiger partial charge in [-0.3, -0.25) is 4.79 Å². The predicted octanol–water partition coefficient (Wildman–Crippen LogP) is 2.30.